The fourth-order valence-electron chi connectivity index (χ4n) is 1.49. The summed E-state index contributed by atoms with van der Waals surface area (Å²) in [5, 5.41) is 13.9. The number of anilines is 1. The number of rotatable bonds is 6. The molecule has 0 amide bonds. The van der Waals surface area contributed by atoms with E-state index in [2.05, 4.69) is 11.2 Å². The molecule has 0 spiro atoms. The van der Waals surface area contributed by atoms with Crippen LogP contribution in [0, 0.1) is 22.5 Å². The minimum Gasteiger partial charge on any atom is -0.487 e. The molecular formula is C13H16N2O3. The number of hydrogen-bond donors (Lipinski definition) is 1. The Bertz CT molecular complexity index is 466. The van der Waals surface area contributed by atoms with Gasteiger partial charge in [0, 0.05) is 17.8 Å². The van der Waals surface area contributed by atoms with Crippen molar-refractivity contribution in [1.29, 1.82) is 0 Å². The van der Waals surface area contributed by atoms with E-state index in [0.29, 0.717) is 12.3 Å². The molecule has 5 heteroatoms. The summed E-state index contributed by atoms with van der Waals surface area (Å²) < 4.78 is 5.25. The molecule has 0 bridgehead atoms. The van der Waals surface area contributed by atoms with Crippen LogP contribution in [0.1, 0.15) is 20.3 Å². The number of nitro groups is 1. The van der Waals surface area contributed by atoms with Crippen LogP contribution in [0.3, 0.4) is 0 Å². The van der Waals surface area contributed by atoms with Gasteiger partial charge in [-0.3, -0.25) is 10.1 Å². The zero-order chi connectivity index (χ0) is 13.5. The summed E-state index contributed by atoms with van der Waals surface area (Å²) in [6.07, 6.45) is 6.13. The maximum atomic E-state index is 10.8. The molecule has 0 fully saturated rings. The molecule has 0 aliphatic rings. The minimum atomic E-state index is -0.465. The van der Waals surface area contributed by atoms with E-state index in [4.69, 9.17) is 11.2 Å². The van der Waals surface area contributed by atoms with Gasteiger partial charge in [-0.1, -0.05) is 12.8 Å². The number of nitro benzene ring substituents is 1. The summed E-state index contributed by atoms with van der Waals surface area (Å²) in [6, 6.07) is 4.54. The number of hydrogen-bond acceptors (Lipinski definition) is 4. The van der Waals surface area contributed by atoms with Crippen molar-refractivity contribution in [2.75, 3.05) is 11.9 Å². The summed E-state index contributed by atoms with van der Waals surface area (Å²) in [4.78, 5) is 10.4. The fraction of sp³-hybridized carbons (Fsp3) is 0.385. The van der Waals surface area contributed by atoms with E-state index in [9.17, 15) is 10.1 Å². The van der Waals surface area contributed by atoms with E-state index in [0.717, 1.165) is 6.42 Å². The van der Waals surface area contributed by atoms with Gasteiger partial charge in [-0.15, -0.1) is 6.42 Å². The number of benzene rings is 1. The monoisotopic (exact) mass is 248 g/mol. The van der Waals surface area contributed by atoms with Gasteiger partial charge in [0.25, 0.3) is 0 Å². The van der Waals surface area contributed by atoms with Crippen LogP contribution in [-0.4, -0.2) is 17.6 Å². The summed E-state index contributed by atoms with van der Waals surface area (Å²) in [6.45, 7) is 4.11. The highest BCUT2D eigenvalue weighted by atomic mass is 16.6. The van der Waals surface area contributed by atoms with Crippen LogP contribution < -0.4 is 10.1 Å². The number of terminal acetylenes is 1. The molecule has 1 atom stereocenters. The van der Waals surface area contributed by atoms with Crippen molar-refractivity contribution in [1.82, 2.24) is 0 Å². The highest BCUT2D eigenvalue weighted by Gasteiger charge is 2.15. The smallest absolute Gasteiger partial charge is 0.311 e. The maximum absolute atomic E-state index is 10.8. The SMILES string of the molecule is C#CC(CC)Nc1ccc([N+](=O)[O-])c(OCC)c1. The predicted octanol–water partition coefficient (Wildman–Crippen LogP) is 2.82. The molecule has 1 rings (SSSR count). The quantitative estimate of drug-likeness (QED) is 0.477. The zero-order valence-corrected chi connectivity index (χ0v) is 10.5. The first-order chi connectivity index (χ1) is 8.62. The largest absolute Gasteiger partial charge is 0.487 e. The van der Waals surface area contributed by atoms with Gasteiger partial charge in [0.15, 0.2) is 5.75 Å². The molecule has 1 unspecified atom stereocenters. The van der Waals surface area contributed by atoms with Gasteiger partial charge in [-0.2, -0.15) is 0 Å². The number of ether oxygens (including phenoxy) is 1. The molecule has 0 heterocycles. The Hall–Kier alpha value is -2.22. The molecule has 0 aromatic heterocycles. The molecular weight excluding hydrogens is 232 g/mol. The van der Waals surface area contributed by atoms with Crippen molar-refractivity contribution >= 4 is 11.4 Å². The molecule has 0 radical (unpaired) electrons. The first-order valence-corrected chi connectivity index (χ1v) is 5.76. The minimum absolute atomic E-state index is 0.0452. The van der Waals surface area contributed by atoms with Crippen molar-refractivity contribution < 1.29 is 9.66 Å². The second-order valence-corrected chi connectivity index (χ2v) is 3.64. The van der Waals surface area contributed by atoms with Gasteiger partial charge in [-0.05, 0) is 19.4 Å². The second kappa shape index (κ2) is 6.50. The van der Waals surface area contributed by atoms with Crippen LogP contribution in [-0.2, 0) is 0 Å². The molecule has 5 nitrogen and oxygen atoms in total. The van der Waals surface area contributed by atoms with Gasteiger partial charge in [-0.25, -0.2) is 0 Å². The second-order valence-electron chi connectivity index (χ2n) is 3.64. The van der Waals surface area contributed by atoms with Crippen molar-refractivity contribution in [3.05, 3.63) is 28.3 Å². The normalized spacial score (nSPS) is 11.4. The van der Waals surface area contributed by atoms with E-state index in [1.165, 1.54) is 6.07 Å². The van der Waals surface area contributed by atoms with E-state index in [1.807, 2.05) is 6.92 Å². The van der Waals surface area contributed by atoms with Crippen LogP contribution in [0.15, 0.2) is 18.2 Å². The highest BCUT2D eigenvalue weighted by Crippen LogP contribution is 2.30. The highest BCUT2D eigenvalue weighted by molar-refractivity contribution is 5.58. The molecule has 0 saturated carbocycles. The third-order valence-corrected chi connectivity index (χ3v) is 2.41. The van der Waals surface area contributed by atoms with Gasteiger partial charge in [0.05, 0.1) is 17.6 Å². The standard InChI is InChI=1S/C13H16N2O3/c1-4-10(5-2)14-11-7-8-12(15(16)17)13(9-11)18-6-3/h1,7-10,14H,5-6H2,2-3H3. The Kier molecular flexibility index (Phi) is 5.00. The van der Waals surface area contributed by atoms with Crippen LogP contribution in [0.4, 0.5) is 11.4 Å². The topological polar surface area (TPSA) is 64.4 Å². The first-order valence-electron chi connectivity index (χ1n) is 5.76. The lowest BCUT2D eigenvalue weighted by Crippen LogP contribution is -2.15. The van der Waals surface area contributed by atoms with Crippen LogP contribution in [0.5, 0.6) is 5.75 Å². The Labute approximate surface area is 106 Å². The van der Waals surface area contributed by atoms with Gasteiger partial charge >= 0.3 is 5.69 Å². The molecule has 0 saturated heterocycles. The van der Waals surface area contributed by atoms with Crippen molar-refractivity contribution in [2.24, 2.45) is 0 Å². The molecule has 0 aliphatic carbocycles. The summed E-state index contributed by atoms with van der Waals surface area (Å²) in [5.41, 5.74) is 0.671. The fourth-order valence-corrected chi connectivity index (χ4v) is 1.49. The van der Waals surface area contributed by atoms with Gasteiger partial charge < -0.3 is 10.1 Å². The summed E-state index contributed by atoms with van der Waals surface area (Å²) >= 11 is 0. The van der Waals surface area contributed by atoms with E-state index in [-0.39, 0.29) is 17.5 Å². The molecule has 1 aromatic carbocycles. The molecule has 18 heavy (non-hydrogen) atoms. The Morgan fingerprint density at radius 3 is 2.78 bits per heavy atom. The summed E-state index contributed by atoms with van der Waals surface area (Å²) in [7, 11) is 0. The Morgan fingerprint density at radius 1 is 1.56 bits per heavy atom. The van der Waals surface area contributed by atoms with Gasteiger partial charge in [0.1, 0.15) is 0 Å². The van der Waals surface area contributed by atoms with Crippen LogP contribution in [0.2, 0.25) is 0 Å². The summed E-state index contributed by atoms with van der Waals surface area (Å²) in [5.74, 6) is 2.85. The lowest BCUT2D eigenvalue weighted by atomic mass is 10.2. The van der Waals surface area contributed by atoms with E-state index in [1.54, 1.807) is 19.1 Å². The number of nitrogens with one attached hydrogen (secondary N) is 1. The van der Waals surface area contributed by atoms with Crippen molar-refractivity contribution in [3.8, 4) is 18.1 Å². The third-order valence-electron chi connectivity index (χ3n) is 2.41. The average Bonchev–Trinajstić information content (AvgIpc) is 2.36. The third kappa shape index (κ3) is 3.39. The van der Waals surface area contributed by atoms with Crippen LogP contribution >= 0.6 is 0 Å². The van der Waals surface area contributed by atoms with E-state index < -0.39 is 4.92 Å². The molecule has 1 N–H and O–H groups in total. The molecule has 96 valence electrons. The van der Waals surface area contributed by atoms with Crippen molar-refractivity contribution in [2.45, 2.75) is 26.3 Å². The lowest BCUT2D eigenvalue weighted by molar-refractivity contribution is -0.385. The van der Waals surface area contributed by atoms with Gasteiger partial charge in [0.2, 0.25) is 0 Å². The average molecular weight is 248 g/mol. The van der Waals surface area contributed by atoms with E-state index >= 15 is 0 Å². The van der Waals surface area contributed by atoms with Crippen LogP contribution in [0.25, 0.3) is 0 Å². The first kappa shape index (κ1) is 13.8. The molecule has 1 aromatic rings. The van der Waals surface area contributed by atoms with Crippen molar-refractivity contribution in [3.63, 3.8) is 0 Å². The zero-order valence-electron chi connectivity index (χ0n) is 10.5. The lowest BCUT2D eigenvalue weighted by Gasteiger charge is -2.13. The predicted molar refractivity (Wildman–Crippen MR) is 70.8 cm³/mol. The Balaban J connectivity index is 3.00. The number of nitrogens with zero attached hydrogens (tertiary/aromatic N) is 1. The maximum Gasteiger partial charge on any atom is 0.311 e. The molecule has 0 aliphatic heterocycles. The Morgan fingerprint density at radius 2 is 2.28 bits per heavy atom.